The second-order valence-electron chi connectivity index (χ2n) is 37.6. The van der Waals surface area contributed by atoms with Crippen molar-refractivity contribution in [3.05, 3.63) is 526 Å². The Morgan fingerprint density at radius 2 is 0.408 bits per heavy atom. The molecule has 0 bridgehead atoms. The van der Waals surface area contributed by atoms with Crippen LogP contribution in [0.3, 0.4) is 0 Å². The van der Waals surface area contributed by atoms with Crippen LogP contribution in [-0.4, -0.2) is 50.0 Å². The third-order valence-corrected chi connectivity index (χ3v) is 25.8. The van der Waals surface area contributed by atoms with Crippen molar-refractivity contribution in [3.8, 4) is 134 Å². The van der Waals surface area contributed by atoms with Crippen molar-refractivity contribution in [3.63, 3.8) is 0 Å². The molecule has 720 valence electrons. The van der Waals surface area contributed by atoms with Crippen molar-refractivity contribution in [2.24, 2.45) is 0 Å². The first-order chi connectivity index (χ1) is 70.0. The summed E-state index contributed by atoms with van der Waals surface area (Å²) in [4.78, 5) is 27.5. The maximum atomic E-state index is 14.3. The minimum atomic E-state index is -4.49. The van der Waals surface area contributed by atoms with Crippen LogP contribution in [0.4, 0.5) is 22.0 Å². The zero-order valence-electron chi connectivity index (χ0n) is 81.6. The number of alkyl halides is 3. The molecule has 0 aliphatic rings. The molecule has 147 heavy (non-hydrogen) atoms. The molecule has 0 aliphatic carbocycles. The van der Waals surface area contributed by atoms with E-state index in [0.29, 0.717) is 28.1 Å². The molecule has 15 aromatic carbocycles. The monoisotopic (exact) mass is 2450 g/mol. The molecule has 21 aromatic rings. The first-order valence-corrected chi connectivity index (χ1v) is 48.0. The molecule has 6 heterocycles. The largest absolute Gasteiger partial charge is 2.00 e. The van der Waals surface area contributed by atoms with Crippen molar-refractivity contribution >= 4 is 69.3 Å². The van der Waals surface area contributed by atoms with Gasteiger partial charge in [-0.1, -0.05) is 324 Å². The van der Waals surface area contributed by atoms with Gasteiger partial charge < -0.3 is 29.9 Å². The van der Waals surface area contributed by atoms with Crippen LogP contribution < -0.4 is 49.2 Å². The number of hydrogen-bond donors (Lipinski definition) is 0. The molecule has 0 saturated carbocycles. The van der Waals surface area contributed by atoms with Gasteiger partial charge in [0.2, 0.25) is 20.1 Å². The smallest absolute Gasteiger partial charge is 0.305 e. The van der Waals surface area contributed by atoms with Gasteiger partial charge in [0.25, 0.3) is 0 Å². The van der Waals surface area contributed by atoms with Crippen LogP contribution in [0, 0.1) is 55.0 Å². The Balaban J connectivity index is 0.000000156. The predicted octanol–water partition coefficient (Wildman–Crippen LogP) is 26.0. The Morgan fingerprint density at radius 1 is 0.211 bits per heavy atom. The molecule has 0 atom stereocenters. The number of aryl methyl sites for hydroxylation is 1. The van der Waals surface area contributed by atoms with Gasteiger partial charge in [0.15, 0.2) is 0 Å². The second-order valence-corrected chi connectivity index (χ2v) is 37.6. The van der Waals surface area contributed by atoms with Gasteiger partial charge in [-0.25, -0.2) is 8.78 Å². The van der Waals surface area contributed by atoms with Crippen molar-refractivity contribution in [1.29, 1.82) is 0 Å². The molecule has 0 saturated heterocycles. The molecule has 0 amide bonds. The maximum absolute atomic E-state index is 14.3. The van der Waals surface area contributed by atoms with Crippen LogP contribution in [-0.2, 0) is 80.2 Å². The van der Waals surface area contributed by atoms with Crippen molar-refractivity contribution < 1.29 is 85.1 Å². The summed E-state index contributed by atoms with van der Waals surface area (Å²) in [6.07, 6.45) is 5.26. The van der Waals surface area contributed by atoms with E-state index < -0.39 is 18.5 Å². The molecular weight excluding hydrogens is 2360 g/mol. The van der Waals surface area contributed by atoms with E-state index in [1.165, 1.54) is 81.7 Å². The maximum Gasteiger partial charge on any atom is 2.00 e. The van der Waals surface area contributed by atoms with Gasteiger partial charge in [-0.15, -0.1) is 179 Å². The molecule has 0 unspecified atom stereocenters. The van der Waals surface area contributed by atoms with E-state index in [2.05, 4.69) is 322 Å². The minimum absolute atomic E-state index is 0. The average molecular weight is 2450 g/mol. The third-order valence-electron chi connectivity index (χ3n) is 25.8. The number of nitrogens with zero attached hydrogens (tertiary/aromatic N) is 6. The normalized spacial score (nSPS) is 11.1. The topological polar surface area (TPSA) is 77.3 Å². The molecule has 0 aliphatic heterocycles. The minimum Gasteiger partial charge on any atom is -0.305 e. The SMILES string of the molecule is CC(C)(C)c1ccnc(-c2[c-]c(B(c3[c-]c(-c4cc(C(C)(C)C)ccn4)ccc3)c3c(-c4ccccc4)cccc3-c3ccccc3)ccc2)c1.Cc1ccnc(-c2[c-]c(B(c3[c-]c(-c4cc(C(F)(F)F)ccn4)ccc3)c3c(-c4ccccc4)cccc3-c3ccccc3)ccc2)c1.Fc1ccnc(-c2[c-]c(B(c3[c-]c(-c4cc(F)ccn4)ccc3)c3c(-c4ccccc4)cccc3-c3ccccc3)ccc2)c1.[Pt+2].[Pt+2].[Pt+2]. The van der Waals surface area contributed by atoms with Crippen LogP contribution in [0.25, 0.3) is 134 Å². The van der Waals surface area contributed by atoms with E-state index in [1.807, 2.05) is 171 Å². The molecule has 0 N–H and O–H groups in total. The quantitative estimate of drug-likeness (QED) is 0.0405. The zero-order valence-corrected chi connectivity index (χ0v) is 88.4. The van der Waals surface area contributed by atoms with Gasteiger partial charge in [-0.3, -0.25) is 0 Å². The number of benzene rings is 15. The summed E-state index contributed by atoms with van der Waals surface area (Å²) in [6.45, 7) is 14.5. The van der Waals surface area contributed by atoms with Crippen LogP contribution in [0.2, 0.25) is 0 Å². The molecular formula is C130H96B3F5N6Pt3. The van der Waals surface area contributed by atoms with Crippen LogP contribution in [0.5, 0.6) is 0 Å². The van der Waals surface area contributed by atoms with Gasteiger partial charge in [-0.05, 0) is 178 Å². The van der Waals surface area contributed by atoms with Crippen molar-refractivity contribution in [2.45, 2.75) is 65.5 Å². The van der Waals surface area contributed by atoms with E-state index in [0.717, 1.165) is 140 Å². The molecule has 21 rings (SSSR count). The molecule has 0 spiro atoms. The van der Waals surface area contributed by atoms with Gasteiger partial charge in [0.05, 0.1) is 0 Å². The van der Waals surface area contributed by atoms with E-state index >= 15 is 0 Å². The Kier molecular flexibility index (Phi) is 33.9. The van der Waals surface area contributed by atoms with Crippen LogP contribution >= 0.6 is 0 Å². The van der Waals surface area contributed by atoms with Crippen molar-refractivity contribution in [1.82, 2.24) is 29.9 Å². The second kappa shape index (κ2) is 47.5. The summed E-state index contributed by atoms with van der Waals surface area (Å²) in [6, 6.07) is 160. The van der Waals surface area contributed by atoms with Crippen LogP contribution in [0.1, 0.15) is 63.8 Å². The summed E-state index contributed by atoms with van der Waals surface area (Å²) in [5.74, 6) is -0.723. The van der Waals surface area contributed by atoms with Gasteiger partial charge in [-0.2, -0.15) is 45.9 Å². The van der Waals surface area contributed by atoms with E-state index in [9.17, 15) is 22.0 Å². The summed E-state index contributed by atoms with van der Waals surface area (Å²) >= 11 is 0. The fourth-order valence-corrected chi connectivity index (χ4v) is 18.7. The zero-order chi connectivity index (χ0) is 99.3. The summed E-state index contributed by atoms with van der Waals surface area (Å²) in [7, 11) is 0. The standard InChI is InChI=1S/C48H43BN2.C42H28BF3N2.C40H25BF2N2.3Pt/c1-47(2,3)38-26-28-50-44(32-38)36-20-13-22-40(30-36)49(41-23-14-21-37(31-41)45-33-39(27-29-51-45)48(4,5)6)46-42(34-16-9-7-10-17-34)24-15-25-43(46)35-18-11-8-12-19-35;1-29-21-23-47-39(25-29)32-15-8-17-35(26-32)43(36-18-9-16-33(27-36)40-28-34(22-24-48-40)42(44,45)46)41-37(30-11-4-2-5-12-30)19-10-20-38(41)31-13-6-3-7-14-31;42-34-20-22-44-38(26-34)30-14-7-16-32(24-30)41(33-17-8-15-31(25-33)39-27-35(43)21-23-45-39)40-36(28-10-3-1-4-11-28)18-9-19-37(40)29-12-5-2-6-13-29;;;/h7-29,32-33H,1-6H3;2-25,28H,1H3;1-23,26-27H;;;/q3*-2;3*+2. The first-order valence-electron chi connectivity index (χ1n) is 48.0. The number of aromatic nitrogens is 6. The van der Waals surface area contributed by atoms with Gasteiger partial charge in [0, 0.05) is 42.7 Å². The molecule has 17 heteroatoms. The number of hydrogen-bond acceptors (Lipinski definition) is 6. The number of rotatable bonds is 21. The Hall–Kier alpha value is -14.9. The number of pyridine rings is 6. The predicted molar refractivity (Wildman–Crippen MR) is 584 cm³/mol. The summed E-state index contributed by atoms with van der Waals surface area (Å²) in [5.41, 5.74) is 33.2. The first kappa shape index (κ1) is 105. The molecule has 6 aromatic heterocycles. The fraction of sp³-hybridized carbons (Fsp3) is 0.0769. The average Bonchev–Trinajstić information content (AvgIpc) is 0.761. The van der Waals surface area contributed by atoms with Gasteiger partial charge in [0.1, 0.15) is 11.6 Å². The Bertz CT molecular complexity index is 7740. The van der Waals surface area contributed by atoms with E-state index in [-0.39, 0.29) is 105 Å². The van der Waals surface area contributed by atoms with E-state index in [4.69, 9.17) is 9.97 Å². The molecule has 0 fully saturated rings. The summed E-state index contributed by atoms with van der Waals surface area (Å²) in [5, 5.41) is 0. The molecule has 6 nitrogen and oxygen atoms in total. The van der Waals surface area contributed by atoms with Gasteiger partial charge >= 0.3 is 69.4 Å². The Morgan fingerprint density at radius 3 is 0.626 bits per heavy atom. The summed E-state index contributed by atoms with van der Waals surface area (Å²) < 4.78 is 69.6. The van der Waals surface area contributed by atoms with Crippen molar-refractivity contribution in [2.75, 3.05) is 0 Å². The molecule has 0 radical (unpaired) electrons. The number of halogens is 5. The Labute approximate surface area is 902 Å². The van der Waals surface area contributed by atoms with Crippen LogP contribution in [0.15, 0.2) is 456 Å². The fourth-order valence-electron chi connectivity index (χ4n) is 18.7. The third kappa shape index (κ3) is 24.8. The van der Waals surface area contributed by atoms with E-state index in [1.54, 1.807) is 12.3 Å².